The predicted molar refractivity (Wildman–Crippen MR) is 96.6 cm³/mol. The van der Waals surface area contributed by atoms with Crippen LogP contribution in [0.5, 0.6) is 11.5 Å². The quantitative estimate of drug-likeness (QED) is 0.821. The summed E-state index contributed by atoms with van der Waals surface area (Å²) in [7, 11) is 0. The number of hydrogen-bond donors (Lipinski definition) is 2. The number of para-hydroxylation sites is 1. The van der Waals surface area contributed by atoms with E-state index in [2.05, 4.69) is 17.4 Å². The number of benzene rings is 2. The van der Waals surface area contributed by atoms with Crippen LogP contribution in [-0.4, -0.2) is 31.8 Å². The minimum atomic E-state index is -0.0265. The van der Waals surface area contributed by atoms with Crippen molar-refractivity contribution in [3.8, 4) is 11.5 Å². The van der Waals surface area contributed by atoms with Gasteiger partial charge in [-0.3, -0.25) is 0 Å². The van der Waals surface area contributed by atoms with Crippen LogP contribution in [0.2, 0.25) is 0 Å². The molecular weight excluding hydrogens is 300 g/mol. The number of nitrogens with one attached hydrogen (secondary N) is 1. The molecule has 1 aliphatic rings. The van der Waals surface area contributed by atoms with Crippen molar-refractivity contribution < 1.29 is 9.47 Å². The molecule has 4 heteroatoms. The van der Waals surface area contributed by atoms with Gasteiger partial charge in [0, 0.05) is 6.04 Å². The molecule has 3 N–H and O–H groups in total. The van der Waals surface area contributed by atoms with E-state index in [0.29, 0.717) is 12.7 Å². The van der Waals surface area contributed by atoms with Gasteiger partial charge in [0.1, 0.15) is 24.2 Å². The van der Waals surface area contributed by atoms with E-state index in [4.69, 9.17) is 15.2 Å². The smallest absolute Gasteiger partial charge is 0.119 e. The molecule has 2 aromatic rings. The van der Waals surface area contributed by atoms with Crippen molar-refractivity contribution in [3.05, 3.63) is 60.2 Å². The van der Waals surface area contributed by atoms with Crippen LogP contribution in [0.15, 0.2) is 54.6 Å². The molecular formula is C20H26N2O2. The summed E-state index contributed by atoms with van der Waals surface area (Å²) in [6, 6.07) is 18.0. The molecule has 1 heterocycles. The molecule has 1 aliphatic heterocycles. The second-order valence-electron chi connectivity index (χ2n) is 6.30. The average Bonchev–Trinajstić information content (AvgIpc) is 2.63. The molecule has 0 radical (unpaired) electrons. The van der Waals surface area contributed by atoms with Crippen molar-refractivity contribution in [1.29, 1.82) is 0 Å². The molecule has 0 aliphatic carbocycles. The molecule has 4 nitrogen and oxygen atoms in total. The molecule has 2 aromatic carbocycles. The maximum Gasteiger partial charge on any atom is 0.119 e. The van der Waals surface area contributed by atoms with Crippen LogP contribution < -0.4 is 20.5 Å². The Hall–Kier alpha value is -2.04. The molecule has 24 heavy (non-hydrogen) atoms. The lowest BCUT2D eigenvalue weighted by Gasteiger charge is -2.24. The van der Waals surface area contributed by atoms with Crippen LogP contribution in [0.1, 0.15) is 18.4 Å². The summed E-state index contributed by atoms with van der Waals surface area (Å²) >= 11 is 0. The fourth-order valence-corrected chi connectivity index (χ4v) is 2.89. The zero-order chi connectivity index (χ0) is 16.6. The standard InChI is InChI=1S/C20H26N2O2/c21-17(15-23-18-4-2-1-3-5-18)14-16-6-8-19(9-7-16)24-20-10-12-22-13-11-20/h1-9,17,20,22H,10-15,21H2/t17-/m0/s1. The molecule has 0 unspecified atom stereocenters. The number of ether oxygens (including phenoxy) is 2. The van der Waals surface area contributed by atoms with Crippen LogP contribution in [0, 0.1) is 0 Å². The molecule has 0 spiro atoms. The molecule has 1 saturated heterocycles. The van der Waals surface area contributed by atoms with Gasteiger partial charge in [0.25, 0.3) is 0 Å². The van der Waals surface area contributed by atoms with Gasteiger partial charge >= 0.3 is 0 Å². The van der Waals surface area contributed by atoms with Gasteiger partial charge in [-0.1, -0.05) is 30.3 Å². The van der Waals surface area contributed by atoms with E-state index in [1.165, 1.54) is 5.56 Å². The van der Waals surface area contributed by atoms with Crippen molar-refractivity contribution in [3.63, 3.8) is 0 Å². The summed E-state index contributed by atoms with van der Waals surface area (Å²) in [5.74, 6) is 1.80. The van der Waals surface area contributed by atoms with Crippen molar-refractivity contribution in [2.24, 2.45) is 5.73 Å². The van der Waals surface area contributed by atoms with E-state index < -0.39 is 0 Å². The fourth-order valence-electron chi connectivity index (χ4n) is 2.89. The second-order valence-corrected chi connectivity index (χ2v) is 6.30. The van der Waals surface area contributed by atoms with E-state index in [1.54, 1.807) is 0 Å². The summed E-state index contributed by atoms with van der Waals surface area (Å²) in [4.78, 5) is 0. The van der Waals surface area contributed by atoms with Crippen molar-refractivity contribution >= 4 is 0 Å². The van der Waals surface area contributed by atoms with Gasteiger partial charge in [-0.05, 0) is 62.2 Å². The molecule has 1 atom stereocenters. The highest BCUT2D eigenvalue weighted by molar-refractivity contribution is 5.28. The third-order valence-electron chi connectivity index (χ3n) is 4.22. The highest BCUT2D eigenvalue weighted by Gasteiger charge is 2.14. The Morgan fingerprint density at radius 1 is 0.958 bits per heavy atom. The fraction of sp³-hybridized carbons (Fsp3) is 0.400. The normalized spacial score (nSPS) is 16.5. The predicted octanol–water partition coefficient (Wildman–Crippen LogP) is 2.77. The van der Waals surface area contributed by atoms with Gasteiger partial charge in [0.15, 0.2) is 0 Å². The van der Waals surface area contributed by atoms with Crippen molar-refractivity contribution in [2.45, 2.75) is 31.4 Å². The lowest BCUT2D eigenvalue weighted by molar-refractivity contribution is 0.162. The summed E-state index contributed by atoms with van der Waals surface area (Å²) in [5.41, 5.74) is 7.38. The first-order valence-electron chi connectivity index (χ1n) is 8.69. The van der Waals surface area contributed by atoms with E-state index in [1.807, 2.05) is 42.5 Å². The first kappa shape index (κ1) is 16.8. The van der Waals surface area contributed by atoms with Crippen LogP contribution in [0.25, 0.3) is 0 Å². The van der Waals surface area contributed by atoms with E-state index in [9.17, 15) is 0 Å². The Morgan fingerprint density at radius 2 is 1.67 bits per heavy atom. The number of piperidine rings is 1. The molecule has 3 rings (SSSR count). The van der Waals surface area contributed by atoms with Gasteiger partial charge in [0.05, 0.1) is 0 Å². The van der Waals surface area contributed by atoms with Crippen molar-refractivity contribution in [1.82, 2.24) is 5.32 Å². The number of hydrogen-bond acceptors (Lipinski definition) is 4. The van der Waals surface area contributed by atoms with E-state index in [-0.39, 0.29) is 6.04 Å². The van der Waals surface area contributed by atoms with Crippen LogP contribution in [-0.2, 0) is 6.42 Å². The van der Waals surface area contributed by atoms with Crippen LogP contribution in [0.4, 0.5) is 0 Å². The maximum absolute atomic E-state index is 6.18. The van der Waals surface area contributed by atoms with E-state index in [0.717, 1.165) is 43.9 Å². The Labute approximate surface area is 144 Å². The largest absolute Gasteiger partial charge is 0.492 e. The summed E-state index contributed by atoms with van der Waals surface area (Å²) in [6.07, 6.45) is 3.27. The van der Waals surface area contributed by atoms with Gasteiger partial charge in [-0.15, -0.1) is 0 Å². The Bertz CT molecular complexity index is 595. The Balaban J connectivity index is 1.44. The molecule has 1 fully saturated rings. The average molecular weight is 326 g/mol. The lowest BCUT2D eigenvalue weighted by Crippen LogP contribution is -2.34. The Kier molecular flexibility index (Phi) is 6.10. The highest BCUT2D eigenvalue weighted by atomic mass is 16.5. The van der Waals surface area contributed by atoms with E-state index >= 15 is 0 Å². The van der Waals surface area contributed by atoms with Crippen molar-refractivity contribution in [2.75, 3.05) is 19.7 Å². The third-order valence-corrected chi connectivity index (χ3v) is 4.22. The zero-order valence-electron chi connectivity index (χ0n) is 14.0. The molecule has 128 valence electrons. The molecule has 0 bridgehead atoms. The van der Waals surface area contributed by atoms with Gasteiger partial charge < -0.3 is 20.5 Å². The summed E-state index contributed by atoms with van der Waals surface area (Å²) in [5, 5.41) is 3.35. The minimum Gasteiger partial charge on any atom is -0.492 e. The highest BCUT2D eigenvalue weighted by Crippen LogP contribution is 2.18. The zero-order valence-corrected chi connectivity index (χ0v) is 14.0. The topological polar surface area (TPSA) is 56.5 Å². The lowest BCUT2D eigenvalue weighted by atomic mass is 10.1. The SMILES string of the molecule is N[C@H](COc1ccccc1)Cc1ccc(OC2CCNCC2)cc1. The molecule has 0 aromatic heterocycles. The third kappa shape index (κ3) is 5.25. The van der Waals surface area contributed by atoms with Crippen LogP contribution >= 0.6 is 0 Å². The maximum atomic E-state index is 6.18. The summed E-state index contributed by atoms with van der Waals surface area (Å²) in [6.45, 7) is 2.59. The first-order chi connectivity index (χ1) is 11.8. The van der Waals surface area contributed by atoms with Gasteiger partial charge in [-0.25, -0.2) is 0 Å². The monoisotopic (exact) mass is 326 g/mol. The first-order valence-corrected chi connectivity index (χ1v) is 8.69. The minimum absolute atomic E-state index is 0.0265. The number of nitrogens with two attached hydrogens (primary N) is 1. The molecule has 0 saturated carbocycles. The second kappa shape index (κ2) is 8.71. The van der Waals surface area contributed by atoms with Gasteiger partial charge in [-0.2, -0.15) is 0 Å². The van der Waals surface area contributed by atoms with Gasteiger partial charge in [0.2, 0.25) is 0 Å². The Morgan fingerprint density at radius 3 is 2.38 bits per heavy atom. The number of rotatable bonds is 7. The van der Waals surface area contributed by atoms with Crippen LogP contribution in [0.3, 0.4) is 0 Å². The summed E-state index contributed by atoms with van der Waals surface area (Å²) < 4.78 is 11.7. The molecule has 0 amide bonds.